The largest absolute Gasteiger partial charge is 0.311 e. The van der Waals surface area contributed by atoms with Crippen molar-refractivity contribution in [2.75, 3.05) is 21.1 Å². The number of thiophene rings is 1. The fraction of sp³-hybridized carbons (Fsp3) is 0.714. The third-order valence-corrected chi connectivity index (χ3v) is 4.90. The predicted octanol–water partition coefficient (Wildman–Crippen LogP) is 3.44. The highest BCUT2D eigenvalue weighted by Gasteiger charge is 2.38. The smallest absolute Gasteiger partial charge is 0.0512 e. The molecule has 1 N–H and O–H groups in total. The number of nitrogens with zero attached hydrogens (tertiary/aromatic N) is 1. The first-order chi connectivity index (χ1) is 8.01. The third kappa shape index (κ3) is 2.72. The fourth-order valence-corrected chi connectivity index (χ4v) is 3.64. The Labute approximate surface area is 110 Å². The lowest BCUT2D eigenvalue weighted by Crippen LogP contribution is -2.52. The van der Waals surface area contributed by atoms with Crippen LogP contribution < -0.4 is 5.32 Å². The molecule has 0 bridgehead atoms. The van der Waals surface area contributed by atoms with Crippen molar-refractivity contribution >= 4 is 11.3 Å². The molecular weight excluding hydrogens is 228 g/mol. The first-order valence-corrected chi connectivity index (χ1v) is 7.29. The van der Waals surface area contributed by atoms with Gasteiger partial charge in [0.05, 0.1) is 6.04 Å². The minimum atomic E-state index is 0.197. The molecule has 1 heterocycles. The fourth-order valence-electron chi connectivity index (χ4n) is 2.91. The Morgan fingerprint density at radius 1 is 1.35 bits per heavy atom. The van der Waals surface area contributed by atoms with Gasteiger partial charge in [-0.05, 0) is 57.9 Å². The van der Waals surface area contributed by atoms with Crippen molar-refractivity contribution in [2.45, 2.75) is 45.2 Å². The van der Waals surface area contributed by atoms with E-state index in [0.717, 1.165) is 12.8 Å². The van der Waals surface area contributed by atoms with E-state index in [1.54, 1.807) is 0 Å². The molecule has 0 radical (unpaired) electrons. The topological polar surface area (TPSA) is 15.3 Å². The molecule has 1 rings (SSSR count). The molecule has 0 saturated carbocycles. The lowest BCUT2D eigenvalue weighted by molar-refractivity contribution is 0.0919. The Morgan fingerprint density at radius 3 is 2.24 bits per heavy atom. The van der Waals surface area contributed by atoms with E-state index in [4.69, 9.17) is 0 Å². The van der Waals surface area contributed by atoms with Crippen molar-refractivity contribution in [3.05, 3.63) is 21.9 Å². The monoisotopic (exact) mass is 254 g/mol. The Balaban J connectivity index is 3.13. The molecule has 1 atom stereocenters. The van der Waals surface area contributed by atoms with Gasteiger partial charge in [-0.1, -0.05) is 13.8 Å². The van der Waals surface area contributed by atoms with Crippen LogP contribution in [0.4, 0.5) is 0 Å². The second-order valence-corrected chi connectivity index (χ2v) is 6.03. The van der Waals surface area contributed by atoms with Crippen LogP contribution in [0.3, 0.4) is 0 Å². The summed E-state index contributed by atoms with van der Waals surface area (Å²) in [5, 5.41) is 5.81. The summed E-state index contributed by atoms with van der Waals surface area (Å²) < 4.78 is 0. The lowest BCUT2D eigenvalue weighted by atomic mass is 9.80. The van der Waals surface area contributed by atoms with E-state index in [9.17, 15) is 0 Å². The van der Waals surface area contributed by atoms with Crippen LogP contribution in [-0.2, 0) is 0 Å². The first kappa shape index (κ1) is 14.7. The van der Waals surface area contributed by atoms with Crippen molar-refractivity contribution in [3.8, 4) is 0 Å². The van der Waals surface area contributed by atoms with Crippen molar-refractivity contribution < 1.29 is 0 Å². The molecule has 0 aliphatic rings. The molecule has 0 amide bonds. The molecule has 98 valence electrons. The quantitative estimate of drug-likeness (QED) is 0.836. The summed E-state index contributed by atoms with van der Waals surface area (Å²) in [5.74, 6) is 0. The second kappa shape index (κ2) is 5.98. The van der Waals surface area contributed by atoms with Crippen LogP contribution in [0.25, 0.3) is 0 Å². The van der Waals surface area contributed by atoms with E-state index in [0.29, 0.717) is 6.04 Å². The molecule has 1 aromatic heterocycles. The van der Waals surface area contributed by atoms with Gasteiger partial charge in [-0.25, -0.2) is 0 Å². The Hall–Kier alpha value is -0.380. The average molecular weight is 254 g/mol. The zero-order chi connectivity index (χ0) is 13.1. The molecular formula is C14H26N2S. The van der Waals surface area contributed by atoms with E-state index in [1.165, 1.54) is 10.4 Å². The van der Waals surface area contributed by atoms with Gasteiger partial charge in [-0.3, -0.25) is 0 Å². The summed E-state index contributed by atoms with van der Waals surface area (Å²) in [6.07, 6.45) is 2.30. The molecule has 1 aromatic rings. The minimum Gasteiger partial charge on any atom is -0.311 e. The van der Waals surface area contributed by atoms with Gasteiger partial charge in [-0.15, -0.1) is 11.3 Å². The van der Waals surface area contributed by atoms with Gasteiger partial charge in [0.15, 0.2) is 0 Å². The zero-order valence-corrected chi connectivity index (χ0v) is 12.8. The second-order valence-electron chi connectivity index (χ2n) is 4.92. The van der Waals surface area contributed by atoms with Crippen LogP contribution in [0.5, 0.6) is 0 Å². The summed E-state index contributed by atoms with van der Waals surface area (Å²) in [5.41, 5.74) is 1.62. The summed E-state index contributed by atoms with van der Waals surface area (Å²) in [6.45, 7) is 6.75. The Bertz CT molecular complexity index is 340. The molecule has 17 heavy (non-hydrogen) atoms. The number of rotatable bonds is 6. The summed E-state index contributed by atoms with van der Waals surface area (Å²) >= 11 is 1.84. The van der Waals surface area contributed by atoms with Crippen molar-refractivity contribution in [3.63, 3.8) is 0 Å². The highest BCUT2D eigenvalue weighted by Crippen LogP contribution is 2.37. The standard InChI is InChI=1S/C14H26N2S/c1-7-14(8-2,16(5)6)13(15-4)12-9-11(3)17-10-12/h9-10,13,15H,7-8H2,1-6H3. The normalized spacial score (nSPS) is 14.3. The van der Waals surface area contributed by atoms with Gasteiger partial charge < -0.3 is 10.2 Å². The number of likely N-dealkylation sites (N-methyl/N-ethyl adjacent to an activating group) is 2. The molecule has 0 saturated heterocycles. The van der Waals surface area contributed by atoms with E-state index in [2.05, 4.69) is 63.6 Å². The summed E-state index contributed by atoms with van der Waals surface area (Å²) in [6, 6.07) is 2.72. The van der Waals surface area contributed by atoms with E-state index < -0.39 is 0 Å². The van der Waals surface area contributed by atoms with Crippen molar-refractivity contribution in [1.29, 1.82) is 0 Å². The molecule has 0 aliphatic carbocycles. The number of aryl methyl sites for hydroxylation is 1. The molecule has 1 unspecified atom stereocenters. The highest BCUT2D eigenvalue weighted by molar-refractivity contribution is 7.10. The van der Waals surface area contributed by atoms with Crippen LogP contribution in [0, 0.1) is 6.92 Å². The summed E-state index contributed by atoms with van der Waals surface area (Å²) in [7, 11) is 6.45. The first-order valence-electron chi connectivity index (χ1n) is 6.41. The van der Waals surface area contributed by atoms with Crippen LogP contribution in [0.1, 0.15) is 43.2 Å². The molecule has 0 spiro atoms. The predicted molar refractivity (Wildman–Crippen MR) is 77.9 cm³/mol. The van der Waals surface area contributed by atoms with Gasteiger partial charge in [0, 0.05) is 10.4 Å². The maximum absolute atomic E-state index is 3.52. The van der Waals surface area contributed by atoms with Gasteiger partial charge >= 0.3 is 0 Å². The lowest BCUT2D eigenvalue weighted by Gasteiger charge is -2.45. The van der Waals surface area contributed by atoms with Crippen molar-refractivity contribution in [1.82, 2.24) is 10.2 Å². The van der Waals surface area contributed by atoms with Gasteiger partial charge in [-0.2, -0.15) is 0 Å². The van der Waals surface area contributed by atoms with E-state index in [1.807, 2.05) is 11.3 Å². The molecule has 0 fully saturated rings. The maximum Gasteiger partial charge on any atom is 0.0512 e. The van der Waals surface area contributed by atoms with Gasteiger partial charge in [0.1, 0.15) is 0 Å². The van der Waals surface area contributed by atoms with Crippen LogP contribution >= 0.6 is 11.3 Å². The zero-order valence-electron chi connectivity index (χ0n) is 12.0. The average Bonchev–Trinajstić information content (AvgIpc) is 2.72. The highest BCUT2D eigenvalue weighted by atomic mass is 32.1. The summed E-state index contributed by atoms with van der Waals surface area (Å²) in [4.78, 5) is 3.77. The Morgan fingerprint density at radius 2 is 1.94 bits per heavy atom. The van der Waals surface area contributed by atoms with Crippen LogP contribution in [0.2, 0.25) is 0 Å². The van der Waals surface area contributed by atoms with Crippen LogP contribution in [0.15, 0.2) is 11.4 Å². The van der Waals surface area contributed by atoms with Gasteiger partial charge in [0.25, 0.3) is 0 Å². The van der Waals surface area contributed by atoms with Crippen LogP contribution in [-0.4, -0.2) is 31.6 Å². The number of hydrogen-bond acceptors (Lipinski definition) is 3. The van der Waals surface area contributed by atoms with E-state index in [-0.39, 0.29) is 5.54 Å². The Kier molecular flexibility index (Phi) is 5.17. The van der Waals surface area contributed by atoms with E-state index >= 15 is 0 Å². The number of hydrogen-bond donors (Lipinski definition) is 1. The maximum atomic E-state index is 3.52. The number of nitrogens with one attached hydrogen (secondary N) is 1. The van der Waals surface area contributed by atoms with Gasteiger partial charge in [0.2, 0.25) is 0 Å². The molecule has 3 heteroatoms. The minimum absolute atomic E-state index is 0.197. The molecule has 0 aliphatic heterocycles. The third-order valence-electron chi connectivity index (χ3n) is 4.03. The SMILES string of the molecule is CCC(CC)(C(NC)c1csc(C)c1)N(C)C. The molecule has 2 nitrogen and oxygen atoms in total. The van der Waals surface area contributed by atoms with Crippen molar-refractivity contribution in [2.24, 2.45) is 0 Å². The molecule has 0 aromatic carbocycles.